The lowest BCUT2D eigenvalue weighted by molar-refractivity contribution is -0.120. The van der Waals surface area contributed by atoms with E-state index >= 15 is 0 Å². The number of nitrogens with one attached hydrogen (secondary N) is 2. The maximum absolute atomic E-state index is 11.4. The van der Waals surface area contributed by atoms with Crippen LogP contribution in [0, 0.1) is 5.41 Å². The van der Waals surface area contributed by atoms with Crippen LogP contribution in [0.2, 0.25) is 0 Å². The lowest BCUT2D eigenvalue weighted by atomic mass is 9.96. The maximum atomic E-state index is 11.4. The Morgan fingerprint density at radius 2 is 2.00 bits per heavy atom. The highest BCUT2D eigenvalue weighted by Gasteiger charge is 2.42. The summed E-state index contributed by atoms with van der Waals surface area (Å²) in [5, 5.41) is 5.87. The van der Waals surface area contributed by atoms with Gasteiger partial charge in [0.15, 0.2) is 0 Å². The van der Waals surface area contributed by atoms with E-state index in [4.69, 9.17) is 0 Å². The van der Waals surface area contributed by atoms with Gasteiger partial charge >= 0.3 is 0 Å². The van der Waals surface area contributed by atoms with Crippen molar-refractivity contribution in [1.29, 1.82) is 0 Å². The first kappa shape index (κ1) is 12.1. The van der Waals surface area contributed by atoms with E-state index in [0.717, 1.165) is 13.0 Å². The summed E-state index contributed by atoms with van der Waals surface area (Å²) in [6, 6.07) is 10.5. The lowest BCUT2D eigenvalue weighted by Crippen LogP contribution is -2.36. The van der Waals surface area contributed by atoms with E-state index in [0.29, 0.717) is 12.0 Å². The SMILES string of the molecule is CNCC(=O)NCC1(Cc2ccccc2)CC1. The van der Waals surface area contributed by atoms with Gasteiger partial charge in [-0.05, 0) is 37.3 Å². The number of amides is 1. The number of hydrogen-bond acceptors (Lipinski definition) is 2. The van der Waals surface area contributed by atoms with Gasteiger partial charge in [-0.2, -0.15) is 0 Å². The molecule has 0 saturated heterocycles. The van der Waals surface area contributed by atoms with Crippen LogP contribution in [0.5, 0.6) is 0 Å². The Bertz CT molecular complexity index is 371. The van der Waals surface area contributed by atoms with Crippen LogP contribution in [0.25, 0.3) is 0 Å². The van der Waals surface area contributed by atoms with Gasteiger partial charge in [0, 0.05) is 6.54 Å². The van der Waals surface area contributed by atoms with Crippen LogP contribution in [-0.4, -0.2) is 26.0 Å². The molecule has 0 bridgehead atoms. The number of benzene rings is 1. The zero-order valence-corrected chi connectivity index (χ0v) is 10.3. The van der Waals surface area contributed by atoms with Crippen molar-refractivity contribution in [3.05, 3.63) is 35.9 Å². The van der Waals surface area contributed by atoms with Gasteiger partial charge in [0.1, 0.15) is 0 Å². The first-order valence-electron chi connectivity index (χ1n) is 6.19. The second kappa shape index (κ2) is 5.32. The molecule has 17 heavy (non-hydrogen) atoms. The summed E-state index contributed by atoms with van der Waals surface area (Å²) in [4.78, 5) is 11.4. The van der Waals surface area contributed by atoms with E-state index in [9.17, 15) is 4.79 Å². The molecule has 0 spiro atoms. The van der Waals surface area contributed by atoms with Crippen molar-refractivity contribution in [2.75, 3.05) is 20.1 Å². The minimum absolute atomic E-state index is 0.0897. The summed E-state index contributed by atoms with van der Waals surface area (Å²) in [5.41, 5.74) is 1.69. The van der Waals surface area contributed by atoms with Gasteiger partial charge in [-0.3, -0.25) is 4.79 Å². The van der Waals surface area contributed by atoms with E-state index < -0.39 is 0 Å². The molecule has 0 radical (unpaired) electrons. The number of likely N-dealkylation sites (N-methyl/N-ethyl adjacent to an activating group) is 1. The normalized spacial score (nSPS) is 16.5. The van der Waals surface area contributed by atoms with E-state index in [1.54, 1.807) is 7.05 Å². The van der Waals surface area contributed by atoms with Crippen LogP contribution in [0.4, 0.5) is 0 Å². The van der Waals surface area contributed by atoms with Crippen molar-refractivity contribution in [2.24, 2.45) is 5.41 Å². The molecule has 1 aliphatic carbocycles. The second-order valence-corrected chi connectivity index (χ2v) is 4.97. The third-order valence-electron chi connectivity index (χ3n) is 3.38. The molecule has 0 aliphatic heterocycles. The van der Waals surface area contributed by atoms with Crippen molar-refractivity contribution in [2.45, 2.75) is 19.3 Å². The number of carbonyl (C=O) groups is 1. The third-order valence-corrected chi connectivity index (χ3v) is 3.38. The van der Waals surface area contributed by atoms with Crippen LogP contribution in [0.3, 0.4) is 0 Å². The highest BCUT2D eigenvalue weighted by molar-refractivity contribution is 5.78. The van der Waals surface area contributed by atoms with Crippen molar-refractivity contribution in [1.82, 2.24) is 10.6 Å². The molecule has 1 saturated carbocycles. The molecule has 2 N–H and O–H groups in total. The van der Waals surface area contributed by atoms with Gasteiger partial charge in [0.25, 0.3) is 0 Å². The molecule has 2 rings (SSSR count). The fraction of sp³-hybridized carbons (Fsp3) is 0.500. The maximum Gasteiger partial charge on any atom is 0.233 e. The lowest BCUT2D eigenvalue weighted by Gasteiger charge is -2.16. The zero-order valence-electron chi connectivity index (χ0n) is 10.3. The van der Waals surface area contributed by atoms with Crippen LogP contribution in [0.15, 0.2) is 30.3 Å². The highest BCUT2D eigenvalue weighted by Crippen LogP contribution is 2.47. The summed E-state index contributed by atoms with van der Waals surface area (Å²) in [5.74, 6) is 0.0897. The molecule has 0 heterocycles. The molecular weight excluding hydrogens is 212 g/mol. The predicted molar refractivity (Wildman–Crippen MR) is 68.7 cm³/mol. The second-order valence-electron chi connectivity index (χ2n) is 4.97. The Balaban J connectivity index is 1.82. The average Bonchev–Trinajstić information content (AvgIpc) is 3.09. The Morgan fingerprint density at radius 3 is 2.59 bits per heavy atom. The Hall–Kier alpha value is -1.35. The monoisotopic (exact) mass is 232 g/mol. The van der Waals surface area contributed by atoms with Crippen molar-refractivity contribution in [3.8, 4) is 0 Å². The van der Waals surface area contributed by atoms with Gasteiger partial charge in [0.2, 0.25) is 5.91 Å². The quantitative estimate of drug-likeness (QED) is 0.777. The molecule has 0 unspecified atom stereocenters. The first-order valence-corrected chi connectivity index (χ1v) is 6.19. The van der Waals surface area contributed by atoms with Crippen LogP contribution < -0.4 is 10.6 Å². The van der Waals surface area contributed by atoms with E-state index in [2.05, 4.69) is 34.9 Å². The molecule has 1 aliphatic rings. The van der Waals surface area contributed by atoms with Crippen molar-refractivity contribution < 1.29 is 4.79 Å². The Kier molecular flexibility index (Phi) is 3.79. The van der Waals surface area contributed by atoms with Gasteiger partial charge in [-0.25, -0.2) is 0 Å². The fourth-order valence-electron chi connectivity index (χ4n) is 2.13. The summed E-state index contributed by atoms with van der Waals surface area (Å²) in [6.45, 7) is 1.21. The van der Waals surface area contributed by atoms with Crippen molar-refractivity contribution in [3.63, 3.8) is 0 Å². The molecule has 0 aromatic heterocycles. The highest BCUT2D eigenvalue weighted by atomic mass is 16.1. The summed E-state index contributed by atoms with van der Waals surface area (Å²) >= 11 is 0. The first-order chi connectivity index (χ1) is 8.24. The molecule has 1 aromatic rings. The largest absolute Gasteiger partial charge is 0.354 e. The predicted octanol–water partition coefficient (Wildman–Crippen LogP) is 1.34. The topological polar surface area (TPSA) is 41.1 Å². The molecule has 1 amide bonds. The molecule has 3 heteroatoms. The fourth-order valence-corrected chi connectivity index (χ4v) is 2.13. The van der Waals surface area contributed by atoms with E-state index in [1.807, 2.05) is 6.07 Å². The molecular formula is C14H20N2O. The van der Waals surface area contributed by atoms with Crippen LogP contribution >= 0.6 is 0 Å². The average molecular weight is 232 g/mol. The van der Waals surface area contributed by atoms with Gasteiger partial charge in [-0.15, -0.1) is 0 Å². The van der Waals surface area contributed by atoms with Crippen LogP contribution in [0.1, 0.15) is 18.4 Å². The number of rotatable bonds is 6. The molecule has 1 fully saturated rings. The van der Waals surface area contributed by atoms with Gasteiger partial charge < -0.3 is 10.6 Å². The number of hydrogen-bond donors (Lipinski definition) is 2. The van der Waals surface area contributed by atoms with Crippen molar-refractivity contribution >= 4 is 5.91 Å². The summed E-state index contributed by atoms with van der Waals surface area (Å²) in [6.07, 6.45) is 3.52. The van der Waals surface area contributed by atoms with E-state index in [-0.39, 0.29) is 5.91 Å². The molecule has 0 atom stereocenters. The minimum atomic E-state index is 0.0897. The zero-order chi connectivity index (χ0) is 12.1. The smallest absolute Gasteiger partial charge is 0.233 e. The summed E-state index contributed by atoms with van der Waals surface area (Å²) in [7, 11) is 1.79. The van der Waals surface area contributed by atoms with E-state index in [1.165, 1.54) is 18.4 Å². The Morgan fingerprint density at radius 1 is 1.29 bits per heavy atom. The molecule has 3 nitrogen and oxygen atoms in total. The van der Waals surface area contributed by atoms with Gasteiger partial charge in [-0.1, -0.05) is 30.3 Å². The summed E-state index contributed by atoms with van der Waals surface area (Å²) < 4.78 is 0. The third kappa shape index (κ3) is 3.56. The minimum Gasteiger partial charge on any atom is -0.354 e. The standard InChI is InChI=1S/C14H20N2O/c1-15-10-13(17)16-11-14(7-8-14)9-12-5-3-2-4-6-12/h2-6,15H,7-11H2,1H3,(H,16,17). The number of carbonyl (C=O) groups excluding carboxylic acids is 1. The van der Waals surface area contributed by atoms with Crippen LogP contribution in [-0.2, 0) is 11.2 Å². The Labute approximate surface area is 103 Å². The molecule has 1 aromatic carbocycles. The molecule has 92 valence electrons. The van der Waals surface area contributed by atoms with Gasteiger partial charge in [0.05, 0.1) is 6.54 Å².